The number of imide groups is 2. The number of nitriles is 1. The zero-order chi connectivity index (χ0) is 45.8. The molecule has 5 aliphatic heterocycles. The first-order valence-electron chi connectivity index (χ1n) is 22.9. The second kappa shape index (κ2) is 16.9. The van der Waals surface area contributed by atoms with Crippen LogP contribution in [0.1, 0.15) is 105 Å². The van der Waals surface area contributed by atoms with E-state index in [1.165, 1.54) is 6.07 Å². The van der Waals surface area contributed by atoms with Crippen molar-refractivity contribution < 1.29 is 37.2 Å². The third-order valence-electron chi connectivity index (χ3n) is 13.7. The van der Waals surface area contributed by atoms with Gasteiger partial charge in [-0.2, -0.15) is 5.26 Å². The van der Waals surface area contributed by atoms with Crippen LogP contribution in [0.3, 0.4) is 0 Å². The molecule has 1 spiro atoms. The van der Waals surface area contributed by atoms with Gasteiger partial charge in [0.15, 0.2) is 11.5 Å². The summed E-state index contributed by atoms with van der Waals surface area (Å²) in [5.41, 5.74) is 0.797. The maximum atomic E-state index is 15.5. The predicted octanol–water partition coefficient (Wildman–Crippen LogP) is 4.82. The van der Waals surface area contributed by atoms with E-state index >= 15 is 4.39 Å². The molecule has 15 nitrogen and oxygen atoms in total. The van der Waals surface area contributed by atoms with Crippen LogP contribution in [0.2, 0.25) is 5.02 Å². The molecule has 2 aromatic carbocycles. The summed E-state index contributed by atoms with van der Waals surface area (Å²) in [5.74, 6) is -2.23. The summed E-state index contributed by atoms with van der Waals surface area (Å²) in [5, 5.41) is 20.2. The minimum Gasteiger partial charge on any atom is -0.490 e. The fourth-order valence-electron chi connectivity index (χ4n) is 10.2. The van der Waals surface area contributed by atoms with Crippen molar-refractivity contribution in [1.29, 1.82) is 5.26 Å². The van der Waals surface area contributed by atoms with Crippen molar-refractivity contribution >= 4 is 52.6 Å². The number of fused-ring (bicyclic) bond motifs is 1. The number of benzene rings is 2. The number of hydrogen-bond acceptors (Lipinski definition) is 12. The van der Waals surface area contributed by atoms with Crippen LogP contribution < -0.4 is 19.9 Å². The standard InChI is InChI=1S/C45H49ClFN9O6/c1-52(29-3-6-30(7-4-29)62-31-5-2-28(23-48)34(46)20-31)44(61)36-8-10-39(51-50-36)55-18-14-45(15-19-55)25-53(26-45)24-27-12-16-54(17-13-27)38-22-33-32(21-35(38)47)42(59)56(43(33)60)37-9-11-40(57)49-41(37)58/h2,5,8,10,20-22,27,29-30,37H,3-4,6-7,9,11-19,24-26H2,1H3,(H,49,57,58)/i1D3. The Balaban J connectivity index is 0.724. The highest BCUT2D eigenvalue weighted by molar-refractivity contribution is 6.31. The minimum atomic E-state index is -2.67. The summed E-state index contributed by atoms with van der Waals surface area (Å²) in [6, 6.07) is 11.1. The van der Waals surface area contributed by atoms with Crippen LogP contribution in [0.15, 0.2) is 42.5 Å². The predicted molar refractivity (Wildman–Crippen MR) is 225 cm³/mol. The monoisotopic (exact) mass is 868 g/mol. The van der Waals surface area contributed by atoms with Gasteiger partial charge in [0.05, 0.1) is 33.5 Å². The number of aromatic nitrogens is 2. The molecule has 5 fully saturated rings. The average Bonchev–Trinajstić information content (AvgIpc) is 3.50. The van der Waals surface area contributed by atoms with E-state index in [9.17, 15) is 24.0 Å². The van der Waals surface area contributed by atoms with E-state index in [4.69, 9.17) is 25.7 Å². The average molecular weight is 869 g/mol. The highest BCUT2D eigenvalue weighted by Gasteiger charge is 2.47. The zero-order valence-electron chi connectivity index (χ0n) is 37.2. The second-order valence-corrected chi connectivity index (χ2v) is 18.0. The lowest BCUT2D eigenvalue weighted by atomic mass is 9.71. The number of carbonyl (C=O) groups is 5. The number of amides is 5. The molecule has 3 aromatic rings. The van der Waals surface area contributed by atoms with E-state index in [-0.39, 0.29) is 46.9 Å². The van der Waals surface area contributed by atoms with E-state index in [0.717, 1.165) is 74.3 Å². The Morgan fingerprint density at radius 2 is 1.68 bits per heavy atom. The molecule has 0 bridgehead atoms. The van der Waals surface area contributed by atoms with Gasteiger partial charge in [0.25, 0.3) is 17.7 Å². The molecule has 1 unspecified atom stereocenters. The van der Waals surface area contributed by atoms with Crippen molar-refractivity contribution in [3.8, 4) is 11.8 Å². The van der Waals surface area contributed by atoms with Gasteiger partial charge in [-0.1, -0.05) is 11.6 Å². The van der Waals surface area contributed by atoms with Gasteiger partial charge in [-0.3, -0.25) is 34.2 Å². The lowest BCUT2D eigenvalue weighted by molar-refractivity contribution is -0.136. The molecule has 0 radical (unpaired) electrons. The van der Waals surface area contributed by atoms with E-state index in [0.29, 0.717) is 66.8 Å². The van der Waals surface area contributed by atoms with Gasteiger partial charge < -0.3 is 24.3 Å². The highest BCUT2D eigenvalue weighted by atomic mass is 35.5. The van der Waals surface area contributed by atoms with Gasteiger partial charge in [0, 0.05) is 75.4 Å². The van der Waals surface area contributed by atoms with Crippen molar-refractivity contribution in [1.82, 2.24) is 30.2 Å². The molecule has 1 saturated carbocycles. The van der Waals surface area contributed by atoms with Gasteiger partial charge in [-0.25, -0.2) is 4.39 Å². The Labute approximate surface area is 368 Å². The Hall–Kier alpha value is -5.66. The maximum absolute atomic E-state index is 15.5. The lowest BCUT2D eigenvalue weighted by Crippen LogP contribution is -2.61. The Kier molecular flexibility index (Phi) is 10.4. The molecular weight excluding hydrogens is 817 g/mol. The van der Waals surface area contributed by atoms with Crippen LogP contribution in [0.25, 0.3) is 0 Å². The summed E-state index contributed by atoms with van der Waals surface area (Å²) >= 11 is 6.16. The number of halogens is 2. The SMILES string of the molecule is [2H]C([2H])([2H])N(C(=O)c1ccc(N2CCC3(CC2)CN(CC2CCN(c4cc5c(cc4F)C(=O)N(C4CCC(=O)NC4=O)C5=O)CC2)C3)nn1)C1CCC(Oc2ccc(C#N)c(Cl)c2)CC1. The van der Waals surface area contributed by atoms with E-state index < -0.39 is 54.4 Å². The van der Waals surface area contributed by atoms with E-state index in [2.05, 4.69) is 25.3 Å². The number of rotatable bonds is 9. The number of nitrogens with one attached hydrogen (secondary N) is 1. The Bertz CT molecular complexity index is 2440. The van der Waals surface area contributed by atoms with Gasteiger partial charge in [-0.15, -0.1) is 10.2 Å². The topological polar surface area (TPSA) is 172 Å². The first kappa shape index (κ1) is 38.0. The molecule has 5 amide bonds. The molecular formula is C45H49ClFN9O6. The van der Waals surface area contributed by atoms with Crippen LogP contribution >= 0.6 is 11.6 Å². The normalized spacial score (nSPS) is 25.0. The molecule has 324 valence electrons. The maximum Gasteiger partial charge on any atom is 0.274 e. The summed E-state index contributed by atoms with van der Waals surface area (Å²) in [6.07, 6.45) is 5.42. The molecule has 1 aliphatic carbocycles. The quantitative estimate of drug-likeness (QED) is 0.291. The molecule has 17 heteroatoms. The van der Waals surface area contributed by atoms with Crippen molar-refractivity contribution in [3.05, 3.63) is 75.7 Å². The minimum absolute atomic E-state index is 0.00742. The molecule has 6 heterocycles. The van der Waals surface area contributed by atoms with Gasteiger partial charge in [0.1, 0.15) is 23.7 Å². The molecule has 6 aliphatic rings. The lowest BCUT2D eigenvalue weighted by Gasteiger charge is -2.55. The number of ether oxygens (including phenoxy) is 1. The van der Waals surface area contributed by atoms with E-state index in [1.54, 1.807) is 30.3 Å². The molecule has 9 rings (SSSR count). The molecule has 1 N–H and O–H groups in total. The van der Waals surface area contributed by atoms with Crippen LogP contribution in [-0.4, -0.2) is 125 Å². The summed E-state index contributed by atoms with van der Waals surface area (Å²) < 4.78 is 46.2. The van der Waals surface area contributed by atoms with Crippen molar-refractivity contribution in [2.75, 3.05) is 62.6 Å². The summed E-state index contributed by atoms with van der Waals surface area (Å²) in [6.45, 7) is 3.00. The van der Waals surface area contributed by atoms with Crippen molar-refractivity contribution in [2.24, 2.45) is 11.3 Å². The smallest absolute Gasteiger partial charge is 0.274 e. The fraction of sp³-hybridized carbons (Fsp3) is 0.511. The summed E-state index contributed by atoms with van der Waals surface area (Å²) in [7, 11) is 0. The highest BCUT2D eigenvalue weighted by Crippen LogP contribution is 2.42. The zero-order valence-corrected chi connectivity index (χ0v) is 34.9. The summed E-state index contributed by atoms with van der Waals surface area (Å²) in [4.78, 5) is 72.6. The third kappa shape index (κ3) is 8.08. The fourth-order valence-corrected chi connectivity index (χ4v) is 10.4. The number of anilines is 2. The van der Waals surface area contributed by atoms with Crippen molar-refractivity contribution in [2.45, 2.75) is 82.4 Å². The first-order chi connectivity index (χ1) is 31.1. The van der Waals surface area contributed by atoms with Crippen LogP contribution in [0.4, 0.5) is 15.9 Å². The van der Waals surface area contributed by atoms with Gasteiger partial charge in [-0.05, 0) is 106 Å². The Morgan fingerprint density at radius 3 is 2.32 bits per heavy atom. The molecule has 4 saturated heterocycles. The van der Waals surface area contributed by atoms with E-state index in [1.807, 2.05) is 11.0 Å². The number of nitrogens with zero attached hydrogens (tertiary/aromatic N) is 8. The first-order valence-corrected chi connectivity index (χ1v) is 21.8. The Morgan fingerprint density at radius 1 is 0.952 bits per heavy atom. The molecule has 1 aromatic heterocycles. The number of carbonyl (C=O) groups excluding carboxylic acids is 5. The largest absolute Gasteiger partial charge is 0.490 e. The third-order valence-corrected chi connectivity index (χ3v) is 14.0. The molecule has 1 atom stereocenters. The molecule has 62 heavy (non-hydrogen) atoms. The number of piperidine rings is 3. The van der Waals surface area contributed by atoms with Crippen LogP contribution in [0.5, 0.6) is 5.75 Å². The van der Waals surface area contributed by atoms with Crippen LogP contribution in [-0.2, 0) is 9.59 Å². The van der Waals surface area contributed by atoms with Crippen LogP contribution in [0, 0.1) is 28.5 Å². The number of likely N-dealkylation sites (tertiary alicyclic amines) is 1. The van der Waals surface area contributed by atoms with Gasteiger partial charge in [0.2, 0.25) is 11.8 Å². The number of hydrogen-bond donors (Lipinski definition) is 1. The second-order valence-electron chi connectivity index (χ2n) is 17.6. The van der Waals surface area contributed by atoms with Gasteiger partial charge >= 0.3 is 0 Å². The van der Waals surface area contributed by atoms with Crippen molar-refractivity contribution in [3.63, 3.8) is 0 Å².